The molecule has 3 aromatic rings. The maximum absolute atomic E-state index is 13.3. The number of aliphatic hydroxyl groups excluding tert-OH is 1. The number of halogens is 2. The number of rotatable bonds is 6. The Balaban J connectivity index is 1.78. The van der Waals surface area contributed by atoms with Crippen LogP contribution < -0.4 is 4.74 Å². The summed E-state index contributed by atoms with van der Waals surface area (Å²) < 4.78 is 18.5. The van der Waals surface area contributed by atoms with Gasteiger partial charge in [0.2, 0.25) is 0 Å². The smallest absolute Gasteiger partial charge is 0.295 e. The van der Waals surface area contributed by atoms with Gasteiger partial charge < -0.3 is 14.7 Å². The van der Waals surface area contributed by atoms with Crippen molar-refractivity contribution < 1.29 is 23.8 Å². The van der Waals surface area contributed by atoms with E-state index in [0.717, 1.165) is 5.56 Å². The number of hydrogen-bond acceptors (Lipinski definition) is 4. The van der Waals surface area contributed by atoms with Crippen LogP contribution in [0.15, 0.2) is 72.3 Å². The third-order valence-electron chi connectivity index (χ3n) is 5.97. The molecule has 1 heterocycles. The third kappa shape index (κ3) is 4.54. The fourth-order valence-corrected chi connectivity index (χ4v) is 4.30. The average molecular weight is 480 g/mol. The molecule has 1 saturated heterocycles. The highest BCUT2D eigenvalue weighted by Crippen LogP contribution is 2.40. The van der Waals surface area contributed by atoms with Crippen molar-refractivity contribution in [2.75, 3.05) is 13.7 Å². The van der Waals surface area contributed by atoms with E-state index in [4.69, 9.17) is 16.3 Å². The lowest BCUT2D eigenvalue weighted by atomic mass is 9.94. The molecular weight excluding hydrogens is 457 g/mol. The lowest BCUT2D eigenvalue weighted by Gasteiger charge is -2.25. The highest BCUT2D eigenvalue weighted by molar-refractivity contribution is 6.46. The largest absolute Gasteiger partial charge is 0.507 e. The number of amides is 1. The van der Waals surface area contributed by atoms with Gasteiger partial charge in [0, 0.05) is 17.1 Å². The second-order valence-corrected chi connectivity index (χ2v) is 8.54. The molecule has 0 saturated carbocycles. The molecule has 0 aromatic heterocycles. The van der Waals surface area contributed by atoms with Crippen LogP contribution in [0.3, 0.4) is 0 Å². The molecule has 0 bridgehead atoms. The van der Waals surface area contributed by atoms with Crippen LogP contribution >= 0.6 is 11.6 Å². The number of aliphatic hydroxyl groups is 1. The number of nitrogens with zero attached hydrogens (tertiary/aromatic N) is 1. The van der Waals surface area contributed by atoms with Gasteiger partial charge in [0.1, 0.15) is 17.3 Å². The number of Topliss-reactive ketones (excluding diaryl/α,β-unsaturated/α-hetero) is 1. The Morgan fingerprint density at radius 1 is 1.06 bits per heavy atom. The lowest BCUT2D eigenvalue weighted by Crippen LogP contribution is -2.31. The Morgan fingerprint density at radius 2 is 1.74 bits per heavy atom. The minimum atomic E-state index is -0.792. The van der Waals surface area contributed by atoms with Crippen molar-refractivity contribution >= 4 is 29.1 Å². The first kappa shape index (κ1) is 23.5. The van der Waals surface area contributed by atoms with Crippen molar-refractivity contribution in [3.8, 4) is 5.75 Å². The van der Waals surface area contributed by atoms with E-state index in [9.17, 15) is 19.1 Å². The molecule has 7 heteroatoms. The SMILES string of the molecule is COc1ccc(/C(O)=C2/C(=O)C(=O)N(CCc3ccc(F)cc3)C2c2ccc(Cl)cc2)c(C)c1. The van der Waals surface area contributed by atoms with Gasteiger partial charge in [-0.3, -0.25) is 9.59 Å². The van der Waals surface area contributed by atoms with Crippen LogP contribution in [0.5, 0.6) is 5.75 Å². The van der Waals surface area contributed by atoms with Crippen LogP contribution in [-0.4, -0.2) is 35.4 Å². The van der Waals surface area contributed by atoms with E-state index in [1.165, 1.54) is 17.0 Å². The van der Waals surface area contributed by atoms with Crippen LogP contribution in [0.2, 0.25) is 5.02 Å². The van der Waals surface area contributed by atoms with E-state index in [1.54, 1.807) is 68.6 Å². The van der Waals surface area contributed by atoms with Gasteiger partial charge in [0.05, 0.1) is 18.7 Å². The van der Waals surface area contributed by atoms with Crippen LogP contribution in [0, 0.1) is 12.7 Å². The van der Waals surface area contributed by atoms with Crippen LogP contribution in [-0.2, 0) is 16.0 Å². The molecule has 1 aliphatic heterocycles. The summed E-state index contributed by atoms with van der Waals surface area (Å²) in [6.07, 6.45) is 0.416. The Morgan fingerprint density at radius 3 is 2.35 bits per heavy atom. The molecule has 4 rings (SSSR count). The van der Waals surface area contributed by atoms with E-state index >= 15 is 0 Å². The summed E-state index contributed by atoms with van der Waals surface area (Å²) in [5.74, 6) is -1.44. The van der Waals surface area contributed by atoms with Crippen LogP contribution in [0.1, 0.15) is 28.3 Å². The Labute approximate surface area is 202 Å². The topological polar surface area (TPSA) is 66.8 Å². The van der Waals surface area contributed by atoms with Gasteiger partial charge in [-0.15, -0.1) is 0 Å². The number of benzene rings is 3. The second-order valence-electron chi connectivity index (χ2n) is 8.10. The van der Waals surface area contributed by atoms with Crippen molar-refractivity contribution in [2.45, 2.75) is 19.4 Å². The number of aryl methyl sites for hydroxylation is 1. The number of carbonyl (C=O) groups excluding carboxylic acids is 2. The number of ketones is 1. The normalized spacial score (nSPS) is 17.3. The third-order valence-corrected chi connectivity index (χ3v) is 6.22. The first-order valence-corrected chi connectivity index (χ1v) is 11.1. The zero-order valence-corrected chi connectivity index (χ0v) is 19.5. The fraction of sp³-hybridized carbons (Fsp3) is 0.185. The Kier molecular flexibility index (Phi) is 6.70. The van der Waals surface area contributed by atoms with E-state index in [1.807, 2.05) is 0 Å². The Hall–Kier alpha value is -3.64. The molecule has 0 aliphatic carbocycles. The van der Waals surface area contributed by atoms with Gasteiger partial charge >= 0.3 is 0 Å². The molecular formula is C27H23ClFNO4. The van der Waals surface area contributed by atoms with Crippen molar-refractivity contribution in [3.05, 3.63) is 105 Å². The predicted octanol–water partition coefficient (Wildman–Crippen LogP) is 5.46. The van der Waals surface area contributed by atoms with Gasteiger partial charge in [0.15, 0.2) is 0 Å². The zero-order valence-electron chi connectivity index (χ0n) is 18.7. The summed E-state index contributed by atoms with van der Waals surface area (Å²) in [6, 6.07) is 17.1. The highest BCUT2D eigenvalue weighted by Gasteiger charge is 2.45. The minimum absolute atomic E-state index is 0.0136. The average Bonchev–Trinajstić information content (AvgIpc) is 3.08. The molecule has 0 radical (unpaired) electrons. The van der Waals surface area contributed by atoms with E-state index in [2.05, 4.69) is 0 Å². The number of carbonyl (C=O) groups is 2. The lowest BCUT2D eigenvalue weighted by molar-refractivity contribution is -0.139. The van der Waals surface area contributed by atoms with Crippen molar-refractivity contribution in [3.63, 3.8) is 0 Å². The quantitative estimate of drug-likeness (QED) is 0.289. The standard InChI is InChI=1S/C27H23ClFNO4/c1-16-15-21(34-2)11-12-22(16)25(31)23-24(18-5-7-19(28)8-6-18)30(27(33)26(23)32)14-13-17-3-9-20(29)10-4-17/h3-12,15,24,31H,13-14H2,1-2H3/b25-23-. The summed E-state index contributed by atoms with van der Waals surface area (Å²) in [6.45, 7) is 2.00. The monoisotopic (exact) mass is 479 g/mol. The molecule has 1 N–H and O–H groups in total. The summed E-state index contributed by atoms with van der Waals surface area (Å²) in [5, 5.41) is 11.8. The Bertz CT molecular complexity index is 1270. The molecule has 0 spiro atoms. The summed E-state index contributed by atoms with van der Waals surface area (Å²) >= 11 is 6.06. The predicted molar refractivity (Wildman–Crippen MR) is 128 cm³/mol. The van der Waals surface area contributed by atoms with Gasteiger partial charge in [-0.05, 0) is 72.5 Å². The molecule has 1 amide bonds. The summed E-state index contributed by atoms with van der Waals surface area (Å²) in [4.78, 5) is 27.7. The molecule has 3 aromatic carbocycles. The first-order chi connectivity index (χ1) is 16.3. The molecule has 34 heavy (non-hydrogen) atoms. The molecule has 1 atom stereocenters. The van der Waals surface area contributed by atoms with Gasteiger partial charge in [-0.25, -0.2) is 4.39 Å². The van der Waals surface area contributed by atoms with E-state index in [0.29, 0.717) is 33.9 Å². The number of ether oxygens (including phenoxy) is 1. The summed E-state index contributed by atoms with van der Waals surface area (Å²) in [5.41, 5.74) is 2.62. The van der Waals surface area contributed by atoms with Gasteiger partial charge in [-0.2, -0.15) is 0 Å². The molecule has 5 nitrogen and oxygen atoms in total. The number of hydrogen-bond donors (Lipinski definition) is 1. The minimum Gasteiger partial charge on any atom is -0.507 e. The maximum Gasteiger partial charge on any atom is 0.295 e. The van der Waals surface area contributed by atoms with Gasteiger partial charge in [0.25, 0.3) is 11.7 Å². The first-order valence-electron chi connectivity index (χ1n) is 10.7. The highest BCUT2D eigenvalue weighted by atomic mass is 35.5. The van der Waals surface area contributed by atoms with Gasteiger partial charge in [-0.1, -0.05) is 35.9 Å². The van der Waals surface area contributed by atoms with Crippen molar-refractivity contribution in [1.82, 2.24) is 4.90 Å². The maximum atomic E-state index is 13.3. The fourth-order valence-electron chi connectivity index (χ4n) is 4.18. The molecule has 1 fully saturated rings. The zero-order chi connectivity index (χ0) is 24.4. The molecule has 174 valence electrons. The number of likely N-dealkylation sites (tertiary alicyclic amines) is 1. The summed E-state index contributed by atoms with van der Waals surface area (Å²) in [7, 11) is 1.54. The number of methoxy groups -OCH3 is 1. The van der Waals surface area contributed by atoms with Crippen LogP contribution in [0.4, 0.5) is 4.39 Å². The second kappa shape index (κ2) is 9.69. The van der Waals surface area contributed by atoms with Crippen LogP contribution in [0.25, 0.3) is 5.76 Å². The molecule has 1 unspecified atom stereocenters. The molecule has 1 aliphatic rings. The van der Waals surface area contributed by atoms with E-state index in [-0.39, 0.29) is 23.7 Å². The van der Waals surface area contributed by atoms with E-state index < -0.39 is 17.7 Å². The van der Waals surface area contributed by atoms with Crippen molar-refractivity contribution in [2.24, 2.45) is 0 Å². The van der Waals surface area contributed by atoms with Crippen molar-refractivity contribution in [1.29, 1.82) is 0 Å².